The molecule has 2 atom stereocenters. The quantitative estimate of drug-likeness (QED) is 0.335. The summed E-state index contributed by atoms with van der Waals surface area (Å²) >= 11 is 0. The van der Waals surface area contributed by atoms with Gasteiger partial charge in [-0.1, -0.05) is 71.0 Å². The molecular weight excluding hydrogens is 462 g/mol. The van der Waals surface area contributed by atoms with Gasteiger partial charge in [0.25, 0.3) is 11.8 Å². The molecule has 3 amide bonds. The molecule has 2 aromatic carbocycles. The molecule has 2 rings (SSSR count). The first-order valence-electron chi connectivity index (χ1n) is 13.8. The van der Waals surface area contributed by atoms with Crippen LogP contribution in [0.15, 0.2) is 54.6 Å². The van der Waals surface area contributed by atoms with Crippen molar-refractivity contribution in [1.29, 1.82) is 0 Å². The SMILES string of the molecule is CCCN(CCC)C(=O)c1cccc(C(=O)N[C@@H](Cc2ccccc2)CC(C)C(=O)NCCC(C)C)c1. The second-order valence-electron chi connectivity index (χ2n) is 10.3. The number of rotatable bonds is 15. The van der Waals surface area contributed by atoms with E-state index < -0.39 is 0 Å². The summed E-state index contributed by atoms with van der Waals surface area (Å²) in [4.78, 5) is 40.9. The van der Waals surface area contributed by atoms with Crippen LogP contribution in [0.25, 0.3) is 0 Å². The summed E-state index contributed by atoms with van der Waals surface area (Å²) in [6.45, 7) is 12.3. The minimum atomic E-state index is -0.245. The molecule has 0 aliphatic heterocycles. The Morgan fingerprint density at radius 1 is 0.865 bits per heavy atom. The van der Waals surface area contributed by atoms with Gasteiger partial charge in [-0.2, -0.15) is 0 Å². The Hall–Kier alpha value is -3.15. The Balaban J connectivity index is 2.15. The number of carbonyl (C=O) groups is 3. The summed E-state index contributed by atoms with van der Waals surface area (Å²) in [7, 11) is 0. The molecule has 0 aromatic heterocycles. The normalized spacial score (nSPS) is 12.6. The molecular formula is C31H45N3O3. The number of benzene rings is 2. The molecule has 0 aliphatic rings. The first kappa shape index (κ1) is 30.1. The fourth-order valence-corrected chi connectivity index (χ4v) is 4.38. The molecule has 0 saturated carbocycles. The zero-order valence-electron chi connectivity index (χ0n) is 23.3. The molecule has 0 heterocycles. The number of hydrogen-bond acceptors (Lipinski definition) is 3. The Morgan fingerprint density at radius 3 is 2.14 bits per heavy atom. The van der Waals surface area contributed by atoms with E-state index >= 15 is 0 Å². The fourth-order valence-electron chi connectivity index (χ4n) is 4.38. The minimum absolute atomic E-state index is 0.00694. The van der Waals surface area contributed by atoms with Crippen molar-refractivity contribution in [2.45, 2.75) is 72.8 Å². The predicted octanol–water partition coefficient (Wildman–Crippen LogP) is 5.48. The Bertz CT molecular complexity index is 984. The largest absolute Gasteiger partial charge is 0.356 e. The van der Waals surface area contributed by atoms with Crippen LogP contribution in [0.5, 0.6) is 0 Å². The van der Waals surface area contributed by atoms with Gasteiger partial charge in [0.2, 0.25) is 5.91 Å². The monoisotopic (exact) mass is 507 g/mol. The average molecular weight is 508 g/mol. The first-order valence-corrected chi connectivity index (χ1v) is 13.8. The van der Waals surface area contributed by atoms with Gasteiger partial charge in [-0.3, -0.25) is 14.4 Å². The van der Waals surface area contributed by atoms with Crippen molar-refractivity contribution < 1.29 is 14.4 Å². The van der Waals surface area contributed by atoms with Crippen molar-refractivity contribution in [1.82, 2.24) is 15.5 Å². The predicted molar refractivity (Wildman–Crippen MR) is 151 cm³/mol. The van der Waals surface area contributed by atoms with Crippen LogP contribution in [-0.4, -0.2) is 48.3 Å². The van der Waals surface area contributed by atoms with Crippen LogP contribution in [0.2, 0.25) is 0 Å². The molecule has 0 aliphatic carbocycles. The highest BCUT2D eigenvalue weighted by atomic mass is 16.2. The van der Waals surface area contributed by atoms with E-state index in [2.05, 4.69) is 38.3 Å². The summed E-state index contributed by atoms with van der Waals surface area (Å²) in [5.74, 6) is 0.00373. The van der Waals surface area contributed by atoms with Gasteiger partial charge >= 0.3 is 0 Å². The second-order valence-corrected chi connectivity index (χ2v) is 10.3. The summed E-state index contributed by atoms with van der Waals surface area (Å²) in [5.41, 5.74) is 2.07. The molecule has 37 heavy (non-hydrogen) atoms. The highest BCUT2D eigenvalue weighted by Crippen LogP contribution is 2.15. The molecule has 1 unspecified atom stereocenters. The molecule has 0 saturated heterocycles. The highest BCUT2D eigenvalue weighted by Gasteiger charge is 2.22. The summed E-state index contributed by atoms with van der Waals surface area (Å²) in [5, 5.41) is 6.17. The van der Waals surface area contributed by atoms with Crippen LogP contribution in [0.3, 0.4) is 0 Å². The number of hydrogen-bond donors (Lipinski definition) is 2. The van der Waals surface area contributed by atoms with Crippen molar-refractivity contribution in [3.63, 3.8) is 0 Å². The summed E-state index contributed by atoms with van der Waals surface area (Å²) in [6.07, 6.45) is 3.85. The number of carbonyl (C=O) groups excluding carboxylic acids is 3. The Kier molecular flexibility index (Phi) is 12.9. The molecule has 0 fully saturated rings. The molecule has 0 radical (unpaired) electrons. The lowest BCUT2D eigenvalue weighted by atomic mass is 9.95. The molecule has 2 N–H and O–H groups in total. The van der Waals surface area contributed by atoms with Gasteiger partial charge in [-0.05, 0) is 61.8 Å². The van der Waals surface area contributed by atoms with E-state index in [0.29, 0.717) is 49.5 Å². The molecule has 0 spiro atoms. The molecule has 6 heteroatoms. The zero-order chi connectivity index (χ0) is 27.2. The lowest BCUT2D eigenvalue weighted by Gasteiger charge is -2.23. The average Bonchev–Trinajstić information content (AvgIpc) is 2.88. The summed E-state index contributed by atoms with van der Waals surface area (Å²) < 4.78 is 0. The standard InChI is InChI=1S/C31H45N3O3/c1-6-18-34(19-7-2)31(37)27-15-11-14-26(22-27)30(36)33-28(21-25-12-9-8-10-13-25)20-24(5)29(35)32-17-16-23(3)4/h8-15,22-24,28H,6-7,16-21H2,1-5H3,(H,32,35)(H,33,36)/t24?,28-/m1/s1. The van der Waals surface area contributed by atoms with Gasteiger partial charge in [0, 0.05) is 42.7 Å². The van der Waals surface area contributed by atoms with Crippen molar-refractivity contribution in [2.75, 3.05) is 19.6 Å². The third-order valence-electron chi connectivity index (χ3n) is 6.41. The van der Waals surface area contributed by atoms with Crippen LogP contribution in [0, 0.1) is 11.8 Å². The maximum atomic E-state index is 13.3. The third kappa shape index (κ3) is 10.4. The second kappa shape index (κ2) is 15.9. The Morgan fingerprint density at radius 2 is 1.51 bits per heavy atom. The Labute approximate surface area is 223 Å². The molecule has 0 bridgehead atoms. The van der Waals surface area contributed by atoms with Crippen LogP contribution >= 0.6 is 0 Å². The molecule has 2 aromatic rings. The zero-order valence-corrected chi connectivity index (χ0v) is 23.3. The lowest BCUT2D eigenvalue weighted by molar-refractivity contribution is -0.124. The highest BCUT2D eigenvalue weighted by molar-refractivity contribution is 5.99. The minimum Gasteiger partial charge on any atom is -0.356 e. The molecule has 6 nitrogen and oxygen atoms in total. The van der Waals surface area contributed by atoms with E-state index in [1.165, 1.54) is 0 Å². The van der Waals surface area contributed by atoms with Gasteiger partial charge in [-0.15, -0.1) is 0 Å². The summed E-state index contributed by atoms with van der Waals surface area (Å²) in [6, 6.07) is 16.7. The lowest BCUT2D eigenvalue weighted by Crippen LogP contribution is -2.40. The van der Waals surface area contributed by atoms with Gasteiger partial charge in [-0.25, -0.2) is 0 Å². The van der Waals surface area contributed by atoms with Crippen LogP contribution < -0.4 is 10.6 Å². The number of nitrogens with zero attached hydrogens (tertiary/aromatic N) is 1. The molecule has 202 valence electrons. The smallest absolute Gasteiger partial charge is 0.253 e. The fraction of sp³-hybridized carbons (Fsp3) is 0.516. The number of nitrogens with one attached hydrogen (secondary N) is 2. The van der Waals surface area contributed by atoms with E-state index in [4.69, 9.17) is 0 Å². The third-order valence-corrected chi connectivity index (χ3v) is 6.41. The van der Waals surface area contributed by atoms with E-state index in [9.17, 15) is 14.4 Å². The first-order chi connectivity index (χ1) is 17.7. The topological polar surface area (TPSA) is 78.5 Å². The van der Waals surface area contributed by atoms with E-state index in [0.717, 1.165) is 24.8 Å². The van der Waals surface area contributed by atoms with Gasteiger partial charge in [0.1, 0.15) is 0 Å². The van der Waals surface area contributed by atoms with E-state index in [1.807, 2.05) is 42.2 Å². The van der Waals surface area contributed by atoms with Gasteiger partial charge < -0.3 is 15.5 Å². The van der Waals surface area contributed by atoms with Crippen molar-refractivity contribution >= 4 is 17.7 Å². The van der Waals surface area contributed by atoms with Crippen LogP contribution in [0.4, 0.5) is 0 Å². The van der Waals surface area contributed by atoms with E-state index in [1.54, 1.807) is 24.3 Å². The van der Waals surface area contributed by atoms with Crippen molar-refractivity contribution in [3.8, 4) is 0 Å². The van der Waals surface area contributed by atoms with Crippen LogP contribution in [0.1, 0.15) is 86.6 Å². The van der Waals surface area contributed by atoms with Gasteiger partial charge in [0.15, 0.2) is 0 Å². The maximum absolute atomic E-state index is 13.3. The van der Waals surface area contributed by atoms with E-state index in [-0.39, 0.29) is 29.7 Å². The maximum Gasteiger partial charge on any atom is 0.253 e. The van der Waals surface area contributed by atoms with Crippen LogP contribution in [-0.2, 0) is 11.2 Å². The van der Waals surface area contributed by atoms with Crippen molar-refractivity contribution in [3.05, 3.63) is 71.3 Å². The van der Waals surface area contributed by atoms with Gasteiger partial charge in [0.05, 0.1) is 0 Å². The van der Waals surface area contributed by atoms with Crippen molar-refractivity contribution in [2.24, 2.45) is 11.8 Å². The number of amides is 3.